The van der Waals surface area contributed by atoms with Gasteiger partial charge >= 0.3 is 18.1 Å². The lowest BCUT2D eigenvalue weighted by Gasteiger charge is -2.36. The van der Waals surface area contributed by atoms with Crippen LogP contribution in [0.1, 0.15) is 231 Å². The molecular formula is C61H107N7O10. The zero-order chi connectivity index (χ0) is 59.3. The maximum absolute atomic E-state index is 14.0. The predicted octanol–water partition coefficient (Wildman–Crippen LogP) is 10.4. The number of amides is 7. The molecule has 0 saturated heterocycles. The van der Waals surface area contributed by atoms with E-state index in [0.717, 1.165) is 44.9 Å². The second-order valence-electron chi connectivity index (χ2n) is 26.6. The largest absolute Gasteiger partial charge is 0.454 e. The summed E-state index contributed by atoms with van der Waals surface area (Å²) < 4.78 is 10.7. The van der Waals surface area contributed by atoms with Crippen LogP contribution in [-0.2, 0) is 44.7 Å². The smallest absolute Gasteiger partial charge is 0.407 e. The van der Waals surface area contributed by atoms with E-state index in [1.54, 1.807) is 41.5 Å². The molecule has 0 bridgehead atoms. The quantitative estimate of drug-likeness (QED) is 0.0196. The molecule has 4 atom stereocenters. The molecule has 0 radical (unpaired) electrons. The molecule has 0 aliphatic rings. The van der Waals surface area contributed by atoms with Crippen molar-refractivity contribution in [2.75, 3.05) is 19.6 Å². The number of unbranched alkanes of at least 4 members (excludes halogenated alkanes) is 6. The number of urea groups is 1. The summed E-state index contributed by atoms with van der Waals surface area (Å²) in [7, 11) is 0. The van der Waals surface area contributed by atoms with Crippen LogP contribution in [0, 0.1) is 23.2 Å². The lowest BCUT2D eigenvalue weighted by molar-refractivity contribution is -0.163. The highest BCUT2D eigenvalue weighted by Gasteiger charge is 2.34. The van der Waals surface area contributed by atoms with E-state index in [2.05, 4.69) is 112 Å². The van der Waals surface area contributed by atoms with Crippen molar-refractivity contribution >= 4 is 47.5 Å². The van der Waals surface area contributed by atoms with Gasteiger partial charge in [-0.1, -0.05) is 111 Å². The summed E-state index contributed by atoms with van der Waals surface area (Å²) in [6, 6.07) is 5.53. The normalized spacial score (nSPS) is 13.7. The van der Waals surface area contributed by atoms with Crippen molar-refractivity contribution in [3.63, 3.8) is 0 Å². The van der Waals surface area contributed by atoms with Crippen LogP contribution in [0.15, 0.2) is 24.3 Å². The fraction of sp³-hybridized carbons (Fsp3) is 0.770. The van der Waals surface area contributed by atoms with E-state index in [1.165, 1.54) is 11.1 Å². The SMILES string of the molecule is Cc1ccc(CCCC(=O)NCCCC[C@H](NC(=O)[C@H](CCCCNC(=O)OC(C)(C)C)NC(=O)CCCCCCCNC(=O)CC[C@H](NC(=O)N[C@@H](CCC(C)(C)C)C(C)(C)C)C(C)(C)C)C(=O)C(=O)OC(C)(C)C)cc1. The van der Waals surface area contributed by atoms with Crippen molar-refractivity contribution in [2.45, 2.75) is 268 Å². The Morgan fingerprint density at radius 3 is 1.47 bits per heavy atom. The van der Waals surface area contributed by atoms with Crippen molar-refractivity contribution < 1.29 is 47.8 Å². The lowest BCUT2D eigenvalue weighted by Crippen LogP contribution is -2.53. The fourth-order valence-electron chi connectivity index (χ4n) is 8.43. The third-order valence-corrected chi connectivity index (χ3v) is 13.2. The van der Waals surface area contributed by atoms with Crippen LogP contribution in [-0.4, -0.2) is 103 Å². The molecule has 446 valence electrons. The molecule has 0 aliphatic carbocycles. The molecule has 0 aromatic heterocycles. The number of aryl methyl sites for hydroxylation is 2. The van der Waals surface area contributed by atoms with Gasteiger partial charge in [-0.3, -0.25) is 24.0 Å². The average Bonchev–Trinajstić information content (AvgIpc) is 3.29. The second kappa shape index (κ2) is 34.7. The van der Waals surface area contributed by atoms with Gasteiger partial charge in [0.25, 0.3) is 5.78 Å². The van der Waals surface area contributed by atoms with E-state index in [9.17, 15) is 38.4 Å². The van der Waals surface area contributed by atoms with E-state index in [0.29, 0.717) is 64.5 Å². The van der Waals surface area contributed by atoms with E-state index >= 15 is 0 Å². The maximum atomic E-state index is 14.0. The number of ketones is 1. The first-order valence-corrected chi connectivity index (χ1v) is 29.0. The second-order valence-corrected chi connectivity index (χ2v) is 26.6. The third-order valence-electron chi connectivity index (χ3n) is 13.2. The Labute approximate surface area is 470 Å². The number of hydrogen-bond donors (Lipinski definition) is 7. The average molecular weight is 1100 g/mol. The Hall–Kier alpha value is -5.22. The first kappa shape index (κ1) is 70.8. The summed E-state index contributed by atoms with van der Waals surface area (Å²) in [6.07, 6.45) is 9.95. The molecule has 0 fully saturated rings. The van der Waals surface area contributed by atoms with Gasteiger partial charge < -0.3 is 46.7 Å². The first-order valence-electron chi connectivity index (χ1n) is 29.0. The highest BCUT2D eigenvalue weighted by Crippen LogP contribution is 2.29. The topological polar surface area (TPSA) is 239 Å². The fourth-order valence-corrected chi connectivity index (χ4v) is 8.43. The van der Waals surface area contributed by atoms with Crippen LogP contribution in [0.2, 0.25) is 0 Å². The Bertz CT molecular complexity index is 2010. The molecule has 17 nitrogen and oxygen atoms in total. The van der Waals surface area contributed by atoms with Gasteiger partial charge in [-0.15, -0.1) is 0 Å². The van der Waals surface area contributed by atoms with Gasteiger partial charge in [-0.05, 0) is 154 Å². The van der Waals surface area contributed by atoms with E-state index < -0.39 is 47.0 Å². The van der Waals surface area contributed by atoms with E-state index in [1.807, 2.05) is 19.1 Å². The Morgan fingerprint density at radius 2 is 0.936 bits per heavy atom. The van der Waals surface area contributed by atoms with Crippen LogP contribution in [0.25, 0.3) is 0 Å². The molecular weight excluding hydrogens is 991 g/mol. The summed E-state index contributed by atoms with van der Waals surface area (Å²) >= 11 is 0. The minimum atomic E-state index is -1.23. The highest BCUT2D eigenvalue weighted by molar-refractivity contribution is 6.36. The van der Waals surface area contributed by atoms with E-state index in [4.69, 9.17) is 9.47 Å². The molecule has 1 aromatic rings. The van der Waals surface area contributed by atoms with Crippen molar-refractivity contribution in [1.82, 2.24) is 37.2 Å². The van der Waals surface area contributed by atoms with Gasteiger partial charge in [0.15, 0.2) is 0 Å². The summed E-state index contributed by atoms with van der Waals surface area (Å²) in [4.78, 5) is 105. The van der Waals surface area contributed by atoms with Crippen molar-refractivity contribution in [3.05, 3.63) is 35.4 Å². The molecule has 0 spiro atoms. The standard InChI is InChI=1S/C61H107N7O10/c1-43-32-34-44(35-33-43)27-26-31-49(69)62-41-24-21-28-45(52(72)54(74)77-60(11,12)13)66-53(73)46(29-22-25-42-64-56(76)78-61(14,15)16)65-51(71)30-20-18-17-19-23-40-63-50(70)37-36-47(58(5,6)7)67-55(75)68-48(59(8,9)10)38-39-57(2,3)4/h32-35,45-48H,17-31,36-42H2,1-16H3,(H,62,69)(H,63,70)(H,64,76)(H,65,71)(H,66,73)(H2,67,68,75)/t45-,46-,47-,48-/m0/s1. The van der Waals surface area contributed by atoms with E-state index in [-0.39, 0.29) is 84.3 Å². The van der Waals surface area contributed by atoms with Gasteiger partial charge in [0.1, 0.15) is 17.2 Å². The third kappa shape index (κ3) is 35.3. The number of alkyl carbamates (subject to hydrolysis) is 1. The van der Waals surface area contributed by atoms with Crippen LogP contribution in [0.4, 0.5) is 9.59 Å². The van der Waals surface area contributed by atoms with Crippen LogP contribution >= 0.6 is 0 Å². The van der Waals surface area contributed by atoms with Gasteiger partial charge in [0.05, 0.1) is 6.04 Å². The van der Waals surface area contributed by atoms with Gasteiger partial charge in [0, 0.05) is 51.0 Å². The summed E-state index contributed by atoms with van der Waals surface area (Å²) in [5.41, 5.74) is 0.515. The molecule has 7 amide bonds. The predicted molar refractivity (Wildman–Crippen MR) is 311 cm³/mol. The number of hydrogen-bond acceptors (Lipinski definition) is 10. The maximum Gasteiger partial charge on any atom is 0.407 e. The number of benzene rings is 1. The number of carbonyl (C=O) groups excluding carboxylic acids is 8. The number of nitrogens with one attached hydrogen (secondary N) is 7. The molecule has 0 aliphatic heterocycles. The van der Waals surface area contributed by atoms with Gasteiger partial charge in [-0.2, -0.15) is 0 Å². The zero-order valence-electron chi connectivity index (χ0n) is 51.3. The van der Waals surface area contributed by atoms with Crippen LogP contribution in [0.5, 0.6) is 0 Å². The molecule has 1 aromatic carbocycles. The van der Waals surface area contributed by atoms with Crippen LogP contribution in [0.3, 0.4) is 0 Å². The molecule has 0 saturated carbocycles. The number of Topliss-reactive ketones (excluding diaryl/α,β-unsaturated/α-hetero) is 1. The monoisotopic (exact) mass is 1100 g/mol. The van der Waals surface area contributed by atoms with Gasteiger partial charge in [0.2, 0.25) is 23.6 Å². The molecule has 17 heteroatoms. The lowest BCUT2D eigenvalue weighted by atomic mass is 9.79. The highest BCUT2D eigenvalue weighted by atomic mass is 16.6. The number of esters is 1. The molecule has 0 unspecified atom stereocenters. The molecule has 1 rings (SSSR count). The van der Waals surface area contributed by atoms with Crippen molar-refractivity contribution in [1.29, 1.82) is 0 Å². The van der Waals surface area contributed by atoms with Crippen molar-refractivity contribution in [2.24, 2.45) is 16.2 Å². The minimum Gasteiger partial charge on any atom is -0.454 e. The summed E-state index contributed by atoms with van der Waals surface area (Å²) in [6.45, 7) is 32.6. The first-order chi connectivity index (χ1) is 36.0. The Kier molecular flexibility index (Phi) is 31.5. The summed E-state index contributed by atoms with van der Waals surface area (Å²) in [5, 5.41) is 20.6. The Balaban J connectivity index is 2.81. The van der Waals surface area contributed by atoms with Gasteiger partial charge in [-0.25, -0.2) is 14.4 Å². The van der Waals surface area contributed by atoms with Crippen molar-refractivity contribution in [3.8, 4) is 0 Å². The number of rotatable bonds is 34. The Morgan fingerprint density at radius 1 is 0.462 bits per heavy atom. The number of ether oxygens (including phenoxy) is 2. The minimum absolute atomic E-state index is 0.000910. The number of carbonyl (C=O) groups is 8. The zero-order valence-corrected chi connectivity index (χ0v) is 51.3. The molecule has 7 N–H and O–H groups in total. The molecule has 0 heterocycles. The van der Waals surface area contributed by atoms with Crippen LogP contribution < -0.4 is 37.2 Å². The molecule has 78 heavy (non-hydrogen) atoms. The summed E-state index contributed by atoms with van der Waals surface area (Å²) in [5.74, 6) is -3.11.